The molecule has 0 aliphatic rings. The molecule has 0 bridgehead atoms. The monoisotopic (exact) mass is 298 g/mol. The molecule has 0 unspecified atom stereocenters. The molecule has 0 N–H and O–H groups in total. The van der Waals surface area contributed by atoms with E-state index in [2.05, 4.69) is 0 Å². The highest BCUT2D eigenvalue weighted by atomic mass is 32.2. The summed E-state index contributed by atoms with van der Waals surface area (Å²) in [5.74, 6) is -1.10. The highest BCUT2D eigenvalue weighted by molar-refractivity contribution is 8.03. The Bertz CT molecular complexity index is 596. The number of nitro groups is 1. The van der Waals surface area contributed by atoms with Crippen LogP contribution in [0.2, 0.25) is 0 Å². The second-order valence-corrected chi connectivity index (χ2v) is 4.16. The highest BCUT2D eigenvalue weighted by Crippen LogP contribution is 2.49. The van der Waals surface area contributed by atoms with Crippen molar-refractivity contribution in [3.8, 4) is 22.6 Å². The van der Waals surface area contributed by atoms with Crippen LogP contribution >= 0.6 is 11.8 Å². The van der Waals surface area contributed by atoms with Gasteiger partial charge in [-0.25, -0.2) is 0 Å². The normalized spacial score (nSPS) is 9.50. The number of thioether (sulfide) groups is 1. The zero-order valence-electron chi connectivity index (χ0n) is 10.8. The van der Waals surface area contributed by atoms with Gasteiger partial charge in [0.05, 0.1) is 19.1 Å². The average molecular weight is 298 g/mol. The molecule has 8 nitrogen and oxygen atoms in total. The third-order valence-corrected chi connectivity index (χ3v) is 2.77. The molecule has 0 atom stereocenters. The van der Waals surface area contributed by atoms with Gasteiger partial charge in [0.2, 0.25) is 11.5 Å². The molecule has 0 amide bonds. The number of nitrogens with zero attached hydrogens (tertiary/aromatic N) is 2. The van der Waals surface area contributed by atoms with Crippen molar-refractivity contribution in [2.75, 3.05) is 14.2 Å². The Morgan fingerprint density at radius 3 is 2.45 bits per heavy atom. The number of nitriles is 1. The molecule has 1 aromatic rings. The van der Waals surface area contributed by atoms with Gasteiger partial charge in [-0.05, 0) is 11.8 Å². The number of thiocyanates is 1. The van der Waals surface area contributed by atoms with Crippen molar-refractivity contribution in [2.45, 2.75) is 11.8 Å². The Morgan fingerprint density at radius 1 is 1.40 bits per heavy atom. The fourth-order valence-electron chi connectivity index (χ4n) is 1.47. The predicted octanol–water partition coefficient (Wildman–Crippen LogP) is 2.11. The third-order valence-electron chi connectivity index (χ3n) is 2.15. The molecule has 0 aliphatic carbocycles. The fraction of sp³-hybridized carbons (Fsp3) is 0.273. The molecule has 0 saturated heterocycles. The molecule has 1 rings (SSSR count). The summed E-state index contributed by atoms with van der Waals surface area (Å²) in [6.45, 7) is 1.14. The van der Waals surface area contributed by atoms with Gasteiger partial charge in [-0.3, -0.25) is 14.9 Å². The van der Waals surface area contributed by atoms with E-state index in [9.17, 15) is 14.9 Å². The van der Waals surface area contributed by atoms with E-state index in [0.29, 0.717) is 11.8 Å². The van der Waals surface area contributed by atoms with Crippen molar-refractivity contribution in [1.29, 1.82) is 5.26 Å². The number of carbonyl (C=O) groups excluding carboxylic acids is 1. The number of benzene rings is 1. The van der Waals surface area contributed by atoms with Crippen LogP contribution < -0.4 is 14.2 Å². The van der Waals surface area contributed by atoms with Crippen LogP contribution in [0.25, 0.3) is 0 Å². The maximum Gasteiger partial charge on any atom is 0.329 e. The lowest BCUT2D eigenvalue weighted by atomic mass is 10.2. The first-order chi connectivity index (χ1) is 9.46. The zero-order valence-corrected chi connectivity index (χ0v) is 11.6. The van der Waals surface area contributed by atoms with Gasteiger partial charge in [-0.15, -0.1) is 0 Å². The van der Waals surface area contributed by atoms with Crippen LogP contribution in [-0.2, 0) is 4.79 Å². The smallest absolute Gasteiger partial charge is 0.329 e. The van der Waals surface area contributed by atoms with Crippen molar-refractivity contribution in [2.24, 2.45) is 0 Å². The molecule has 9 heteroatoms. The summed E-state index contributed by atoms with van der Waals surface area (Å²) in [6, 6.07) is 1.24. The quantitative estimate of drug-likeness (QED) is 0.203. The van der Waals surface area contributed by atoms with Gasteiger partial charge in [0.25, 0.3) is 0 Å². The zero-order chi connectivity index (χ0) is 15.3. The number of esters is 1. The summed E-state index contributed by atoms with van der Waals surface area (Å²) in [7, 11) is 2.49. The number of nitro benzene ring substituents is 1. The van der Waals surface area contributed by atoms with Gasteiger partial charge in [0, 0.05) is 13.0 Å². The van der Waals surface area contributed by atoms with Crippen LogP contribution in [0.5, 0.6) is 17.2 Å². The van der Waals surface area contributed by atoms with Gasteiger partial charge in [-0.1, -0.05) is 0 Å². The Morgan fingerprint density at radius 2 is 2.05 bits per heavy atom. The summed E-state index contributed by atoms with van der Waals surface area (Å²) in [5, 5.41) is 21.6. The number of hydrogen-bond donors (Lipinski definition) is 0. The van der Waals surface area contributed by atoms with Gasteiger partial charge < -0.3 is 14.2 Å². The predicted molar refractivity (Wildman–Crippen MR) is 69.0 cm³/mol. The van der Waals surface area contributed by atoms with E-state index < -0.39 is 16.6 Å². The van der Waals surface area contributed by atoms with Crippen LogP contribution in [0.15, 0.2) is 11.0 Å². The van der Waals surface area contributed by atoms with Gasteiger partial charge in [0.15, 0.2) is 5.75 Å². The number of hydrogen-bond acceptors (Lipinski definition) is 8. The van der Waals surface area contributed by atoms with E-state index in [1.165, 1.54) is 20.3 Å². The second kappa shape index (κ2) is 6.63. The number of ether oxygens (including phenoxy) is 3. The molecule has 0 spiro atoms. The van der Waals surface area contributed by atoms with E-state index in [1.54, 1.807) is 5.40 Å². The van der Waals surface area contributed by atoms with Crippen LogP contribution in [0.1, 0.15) is 6.92 Å². The maximum absolute atomic E-state index is 11.1. The van der Waals surface area contributed by atoms with Crippen LogP contribution in [0, 0.1) is 20.8 Å². The van der Waals surface area contributed by atoms with Gasteiger partial charge in [-0.2, -0.15) is 5.26 Å². The third kappa shape index (κ3) is 3.10. The van der Waals surface area contributed by atoms with E-state index in [4.69, 9.17) is 19.5 Å². The van der Waals surface area contributed by atoms with Crippen LogP contribution in [-0.4, -0.2) is 25.1 Å². The first kappa shape index (κ1) is 15.6. The van der Waals surface area contributed by atoms with E-state index in [1.807, 2.05) is 0 Å². The van der Waals surface area contributed by atoms with E-state index in [-0.39, 0.29) is 22.1 Å². The number of carbonyl (C=O) groups is 1. The van der Waals surface area contributed by atoms with Crippen molar-refractivity contribution in [1.82, 2.24) is 0 Å². The van der Waals surface area contributed by atoms with E-state index in [0.717, 1.165) is 6.92 Å². The second-order valence-electron chi connectivity index (χ2n) is 3.33. The molecular weight excluding hydrogens is 288 g/mol. The number of rotatable bonds is 5. The van der Waals surface area contributed by atoms with Crippen molar-refractivity contribution in [3.05, 3.63) is 16.2 Å². The molecule has 0 aliphatic heterocycles. The largest absolute Gasteiger partial charge is 0.493 e. The molecule has 0 fully saturated rings. The first-order valence-electron chi connectivity index (χ1n) is 5.14. The lowest BCUT2D eigenvalue weighted by Crippen LogP contribution is -2.07. The Hall–Kier alpha value is -2.47. The highest BCUT2D eigenvalue weighted by Gasteiger charge is 2.30. The minimum Gasteiger partial charge on any atom is -0.493 e. The summed E-state index contributed by atoms with van der Waals surface area (Å²) in [5.41, 5.74) is -0.462. The van der Waals surface area contributed by atoms with Gasteiger partial charge in [0.1, 0.15) is 10.3 Å². The van der Waals surface area contributed by atoms with Crippen LogP contribution in [0.4, 0.5) is 5.69 Å². The van der Waals surface area contributed by atoms with Crippen LogP contribution in [0.3, 0.4) is 0 Å². The Balaban J connectivity index is 3.66. The van der Waals surface area contributed by atoms with Crippen molar-refractivity contribution >= 4 is 23.4 Å². The molecule has 20 heavy (non-hydrogen) atoms. The molecule has 0 radical (unpaired) electrons. The summed E-state index contributed by atoms with van der Waals surface area (Å²) in [4.78, 5) is 21.5. The van der Waals surface area contributed by atoms with Crippen molar-refractivity contribution in [3.63, 3.8) is 0 Å². The molecule has 106 valence electrons. The van der Waals surface area contributed by atoms with Gasteiger partial charge >= 0.3 is 11.7 Å². The summed E-state index contributed by atoms with van der Waals surface area (Å²) >= 11 is 0.580. The SMILES string of the molecule is COc1cc(SC#N)c([N+](=O)[O-])c(OC)c1OC(C)=O. The lowest BCUT2D eigenvalue weighted by Gasteiger charge is -2.13. The maximum atomic E-state index is 11.1. The number of methoxy groups -OCH3 is 2. The standard InChI is InChI=1S/C11H10N2O6S/c1-6(14)19-10-7(17-2)4-8(20-5-12)9(13(15)16)11(10)18-3/h4H,1-3H3. The molecule has 1 aromatic carbocycles. The average Bonchev–Trinajstić information content (AvgIpc) is 2.38. The topological polar surface area (TPSA) is 112 Å². The molecule has 0 aromatic heterocycles. The summed E-state index contributed by atoms with van der Waals surface area (Å²) in [6.07, 6.45) is 0. The molecule has 0 saturated carbocycles. The first-order valence-corrected chi connectivity index (χ1v) is 5.95. The molecular formula is C11H10N2O6S. The summed E-state index contributed by atoms with van der Waals surface area (Å²) < 4.78 is 14.9. The van der Waals surface area contributed by atoms with E-state index >= 15 is 0 Å². The minimum absolute atomic E-state index is 0.0297. The Kier molecular flexibility index (Phi) is 5.16. The molecule has 0 heterocycles. The lowest BCUT2D eigenvalue weighted by molar-refractivity contribution is -0.388. The minimum atomic E-state index is -0.717. The fourth-order valence-corrected chi connectivity index (χ4v) is 1.99. The Labute approximate surface area is 118 Å². The van der Waals surface area contributed by atoms with Crippen molar-refractivity contribution < 1.29 is 23.9 Å².